The van der Waals surface area contributed by atoms with E-state index in [0.29, 0.717) is 16.5 Å². The number of nitrogens with one attached hydrogen (secondary N) is 1. The predicted molar refractivity (Wildman–Crippen MR) is 73.4 cm³/mol. The van der Waals surface area contributed by atoms with Gasteiger partial charge in [-0.1, -0.05) is 29.3 Å². The smallest absolute Gasteiger partial charge is 0.0946 e. The summed E-state index contributed by atoms with van der Waals surface area (Å²) in [5.74, 6) is 5.60. The number of nitrogens with zero attached hydrogens (tertiary/aromatic N) is 2. The van der Waals surface area contributed by atoms with Crippen LogP contribution in [0.15, 0.2) is 30.7 Å². The summed E-state index contributed by atoms with van der Waals surface area (Å²) in [5.41, 5.74) is 4.78. The van der Waals surface area contributed by atoms with Gasteiger partial charge in [0.15, 0.2) is 0 Å². The van der Waals surface area contributed by atoms with E-state index in [0.717, 1.165) is 11.3 Å². The Morgan fingerprint density at radius 2 is 2.22 bits per heavy atom. The summed E-state index contributed by atoms with van der Waals surface area (Å²) in [7, 11) is 1.93. The predicted octanol–water partition coefficient (Wildman–Crippen LogP) is 2.47. The van der Waals surface area contributed by atoms with Gasteiger partial charge in [0.25, 0.3) is 0 Å². The third-order valence-corrected chi connectivity index (χ3v) is 3.44. The summed E-state index contributed by atoms with van der Waals surface area (Å²) in [6.45, 7) is 0. The molecule has 0 spiro atoms. The zero-order valence-corrected chi connectivity index (χ0v) is 11.4. The number of nitrogens with two attached hydrogens (primary N) is 1. The fourth-order valence-corrected chi connectivity index (χ4v) is 2.34. The first-order valence-corrected chi connectivity index (χ1v) is 6.23. The molecule has 0 aliphatic heterocycles. The fraction of sp³-hybridized carbons (Fsp3) is 0.250. The van der Waals surface area contributed by atoms with Gasteiger partial charge in [-0.15, -0.1) is 0 Å². The summed E-state index contributed by atoms with van der Waals surface area (Å²) >= 11 is 12.0. The maximum Gasteiger partial charge on any atom is 0.0946 e. The topological polar surface area (TPSA) is 55.9 Å². The first kappa shape index (κ1) is 13.4. The highest BCUT2D eigenvalue weighted by atomic mass is 35.5. The maximum absolute atomic E-state index is 6.16. The number of aryl methyl sites for hydroxylation is 1. The van der Waals surface area contributed by atoms with Crippen molar-refractivity contribution in [1.82, 2.24) is 15.0 Å². The minimum Gasteiger partial charge on any atom is -0.336 e. The van der Waals surface area contributed by atoms with Gasteiger partial charge in [0, 0.05) is 23.3 Å². The minimum absolute atomic E-state index is 0.0452. The van der Waals surface area contributed by atoms with Crippen LogP contribution in [0.3, 0.4) is 0 Å². The van der Waals surface area contributed by atoms with Crippen molar-refractivity contribution >= 4 is 23.2 Å². The molecular formula is C12H14Cl2N4. The van der Waals surface area contributed by atoms with Gasteiger partial charge in [-0.2, -0.15) is 0 Å². The summed E-state index contributed by atoms with van der Waals surface area (Å²) in [6.07, 6.45) is 4.20. The van der Waals surface area contributed by atoms with E-state index in [1.165, 1.54) is 0 Å². The van der Waals surface area contributed by atoms with E-state index in [-0.39, 0.29) is 6.04 Å². The number of hydrogen-bond acceptors (Lipinski definition) is 3. The normalized spacial score (nSPS) is 12.7. The van der Waals surface area contributed by atoms with Crippen molar-refractivity contribution in [2.75, 3.05) is 0 Å². The fourth-order valence-electron chi connectivity index (χ4n) is 1.86. The van der Waals surface area contributed by atoms with Crippen LogP contribution < -0.4 is 11.3 Å². The number of benzene rings is 1. The van der Waals surface area contributed by atoms with Crippen molar-refractivity contribution in [3.05, 3.63) is 52.0 Å². The molecule has 4 nitrogen and oxygen atoms in total. The van der Waals surface area contributed by atoms with Crippen LogP contribution in [0.25, 0.3) is 0 Å². The van der Waals surface area contributed by atoms with Crippen LogP contribution in [-0.4, -0.2) is 9.55 Å². The third-order valence-electron chi connectivity index (χ3n) is 2.85. The molecule has 1 aromatic carbocycles. The lowest BCUT2D eigenvalue weighted by molar-refractivity contribution is 0.522. The van der Waals surface area contributed by atoms with Gasteiger partial charge in [0.1, 0.15) is 0 Å². The standard InChI is InChI=1S/C12H14Cl2N4/c1-18-7-16-6-12(18)11(17-15)4-8-2-3-9(13)5-10(8)14/h2-3,5-7,11,17H,4,15H2,1H3. The van der Waals surface area contributed by atoms with Gasteiger partial charge in [0.05, 0.1) is 18.1 Å². The largest absolute Gasteiger partial charge is 0.336 e. The first-order valence-electron chi connectivity index (χ1n) is 5.48. The average Bonchev–Trinajstić information content (AvgIpc) is 2.75. The van der Waals surface area contributed by atoms with Crippen LogP contribution in [0.5, 0.6) is 0 Å². The zero-order valence-electron chi connectivity index (χ0n) is 9.90. The molecule has 0 saturated carbocycles. The van der Waals surface area contributed by atoms with Crippen LogP contribution >= 0.6 is 23.2 Å². The number of halogens is 2. The Morgan fingerprint density at radius 1 is 1.44 bits per heavy atom. The van der Waals surface area contributed by atoms with Crippen molar-refractivity contribution in [2.24, 2.45) is 12.9 Å². The van der Waals surface area contributed by atoms with Gasteiger partial charge in [-0.3, -0.25) is 11.3 Å². The molecule has 18 heavy (non-hydrogen) atoms. The maximum atomic E-state index is 6.16. The molecule has 1 atom stereocenters. The van der Waals surface area contributed by atoms with Crippen molar-refractivity contribution < 1.29 is 0 Å². The van der Waals surface area contributed by atoms with E-state index < -0.39 is 0 Å². The van der Waals surface area contributed by atoms with Gasteiger partial charge in [-0.25, -0.2) is 4.98 Å². The minimum atomic E-state index is -0.0452. The number of hydrogen-bond donors (Lipinski definition) is 2. The summed E-state index contributed by atoms with van der Waals surface area (Å²) in [4.78, 5) is 4.08. The summed E-state index contributed by atoms with van der Waals surface area (Å²) in [6, 6.07) is 5.41. The highest BCUT2D eigenvalue weighted by Gasteiger charge is 2.15. The van der Waals surface area contributed by atoms with Gasteiger partial charge in [-0.05, 0) is 24.1 Å². The molecule has 1 heterocycles. The Morgan fingerprint density at radius 3 is 2.78 bits per heavy atom. The molecule has 3 N–H and O–H groups in total. The number of hydrazine groups is 1. The lowest BCUT2D eigenvalue weighted by Gasteiger charge is -2.17. The molecule has 0 amide bonds. The van der Waals surface area contributed by atoms with Crippen LogP contribution in [0.2, 0.25) is 10.0 Å². The first-order chi connectivity index (χ1) is 8.61. The molecule has 2 aromatic rings. The Hall–Kier alpha value is -1.07. The molecule has 1 aromatic heterocycles. The number of aromatic nitrogens is 2. The van der Waals surface area contributed by atoms with Crippen molar-refractivity contribution in [3.8, 4) is 0 Å². The van der Waals surface area contributed by atoms with Crippen molar-refractivity contribution in [1.29, 1.82) is 0 Å². The molecule has 2 rings (SSSR count). The van der Waals surface area contributed by atoms with E-state index in [1.807, 2.05) is 23.7 Å². The van der Waals surface area contributed by atoms with Gasteiger partial charge in [0.2, 0.25) is 0 Å². The number of imidazole rings is 1. The highest BCUT2D eigenvalue weighted by Crippen LogP contribution is 2.25. The molecule has 0 aliphatic rings. The lowest BCUT2D eigenvalue weighted by Crippen LogP contribution is -2.31. The molecule has 1 unspecified atom stereocenters. The Labute approximate surface area is 116 Å². The van der Waals surface area contributed by atoms with Crippen LogP contribution in [-0.2, 0) is 13.5 Å². The van der Waals surface area contributed by atoms with E-state index in [1.54, 1.807) is 18.6 Å². The second-order valence-corrected chi connectivity index (χ2v) is 4.93. The second-order valence-electron chi connectivity index (χ2n) is 4.09. The summed E-state index contributed by atoms with van der Waals surface area (Å²) in [5, 5.41) is 1.27. The van der Waals surface area contributed by atoms with Crippen molar-refractivity contribution in [2.45, 2.75) is 12.5 Å². The SMILES string of the molecule is Cn1cncc1C(Cc1ccc(Cl)cc1Cl)NN. The van der Waals surface area contributed by atoms with E-state index in [2.05, 4.69) is 10.4 Å². The summed E-state index contributed by atoms with van der Waals surface area (Å²) < 4.78 is 1.92. The van der Waals surface area contributed by atoms with E-state index in [9.17, 15) is 0 Å². The Balaban J connectivity index is 2.23. The Bertz CT molecular complexity index is 539. The Kier molecular flexibility index (Phi) is 4.24. The zero-order chi connectivity index (χ0) is 13.1. The quantitative estimate of drug-likeness (QED) is 0.670. The highest BCUT2D eigenvalue weighted by molar-refractivity contribution is 6.35. The lowest BCUT2D eigenvalue weighted by atomic mass is 10.0. The molecule has 6 heteroatoms. The van der Waals surface area contributed by atoms with E-state index >= 15 is 0 Å². The van der Waals surface area contributed by atoms with Gasteiger partial charge < -0.3 is 4.57 Å². The molecule has 0 aliphatic carbocycles. The van der Waals surface area contributed by atoms with Crippen LogP contribution in [0.4, 0.5) is 0 Å². The molecule has 0 radical (unpaired) electrons. The third kappa shape index (κ3) is 2.84. The molecule has 0 fully saturated rings. The van der Waals surface area contributed by atoms with E-state index in [4.69, 9.17) is 29.0 Å². The van der Waals surface area contributed by atoms with Crippen LogP contribution in [0.1, 0.15) is 17.3 Å². The molecule has 0 bridgehead atoms. The number of rotatable bonds is 4. The molecular weight excluding hydrogens is 271 g/mol. The van der Waals surface area contributed by atoms with Gasteiger partial charge >= 0.3 is 0 Å². The van der Waals surface area contributed by atoms with Crippen molar-refractivity contribution in [3.63, 3.8) is 0 Å². The molecule has 0 saturated heterocycles. The molecule has 96 valence electrons. The van der Waals surface area contributed by atoms with Crippen LogP contribution in [0, 0.1) is 0 Å². The average molecular weight is 285 g/mol. The second kappa shape index (κ2) is 5.71. The monoisotopic (exact) mass is 284 g/mol.